The van der Waals surface area contributed by atoms with Crippen molar-refractivity contribution >= 4 is 37.8 Å². The molecular formula is C14H20Br2NO2+. The molecule has 0 atom stereocenters. The predicted molar refractivity (Wildman–Crippen MR) is 84.9 cm³/mol. The summed E-state index contributed by atoms with van der Waals surface area (Å²) in [6, 6.07) is 5.86. The van der Waals surface area contributed by atoms with Crippen LogP contribution in [0.4, 0.5) is 0 Å². The Labute approximate surface area is 131 Å². The Morgan fingerprint density at radius 3 is 2.42 bits per heavy atom. The Morgan fingerprint density at radius 2 is 1.89 bits per heavy atom. The van der Waals surface area contributed by atoms with E-state index in [1.54, 1.807) is 0 Å². The molecule has 0 aromatic heterocycles. The average molecular weight is 394 g/mol. The van der Waals surface area contributed by atoms with Gasteiger partial charge in [0.05, 0.1) is 26.7 Å². The van der Waals surface area contributed by atoms with E-state index < -0.39 is 0 Å². The number of esters is 1. The van der Waals surface area contributed by atoms with Gasteiger partial charge in [0.2, 0.25) is 0 Å². The maximum atomic E-state index is 12.1. The van der Waals surface area contributed by atoms with Gasteiger partial charge in [-0.1, -0.05) is 44.0 Å². The molecule has 0 bridgehead atoms. The van der Waals surface area contributed by atoms with E-state index >= 15 is 0 Å². The van der Waals surface area contributed by atoms with Crippen molar-refractivity contribution in [2.24, 2.45) is 0 Å². The van der Waals surface area contributed by atoms with Gasteiger partial charge in [0.15, 0.2) is 0 Å². The van der Waals surface area contributed by atoms with Crippen LogP contribution >= 0.6 is 31.9 Å². The number of benzene rings is 1. The molecule has 106 valence electrons. The third-order valence-electron chi connectivity index (χ3n) is 2.69. The molecule has 0 amide bonds. The highest BCUT2D eigenvalue weighted by Crippen LogP contribution is 2.18. The van der Waals surface area contributed by atoms with E-state index in [9.17, 15) is 4.79 Å². The SMILES string of the molecule is C[N+](C)(C)CCOC(=O)c1cc(CBr)ccc1CBr. The number of quaternary nitrogens is 1. The third kappa shape index (κ3) is 5.63. The van der Waals surface area contributed by atoms with E-state index in [2.05, 4.69) is 53.0 Å². The Kier molecular flexibility index (Phi) is 6.50. The molecule has 0 aliphatic heterocycles. The minimum absolute atomic E-state index is 0.245. The molecule has 1 aromatic carbocycles. The number of halogens is 2. The summed E-state index contributed by atoms with van der Waals surface area (Å²) >= 11 is 6.80. The first-order valence-corrected chi connectivity index (χ1v) is 8.33. The summed E-state index contributed by atoms with van der Waals surface area (Å²) < 4.78 is 6.13. The van der Waals surface area contributed by atoms with Gasteiger partial charge in [-0.15, -0.1) is 0 Å². The standard InChI is InChI=1S/C14H20Br2NO2/c1-17(2,3)6-7-19-14(18)13-8-11(9-15)4-5-12(13)10-16/h4-5,8H,6-7,9-10H2,1-3H3/q+1. The topological polar surface area (TPSA) is 26.3 Å². The summed E-state index contributed by atoms with van der Waals surface area (Å²) in [4.78, 5) is 12.1. The van der Waals surface area contributed by atoms with Crippen molar-refractivity contribution in [2.75, 3.05) is 34.3 Å². The molecule has 0 aliphatic rings. The van der Waals surface area contributed by atoms with Crippen LogP contribution in [0.1, 0.15) is 21.5 Å². The van der Waals surface area contributed by atoms with Gasteiger partial charge < -0.3 is 9.22 Å². The number of ether oxygens (including phenoxy) is 1. The largest absolute Gasteiger partial charge is 0.456 e. The maximum absolute atomic E-state index is 12.1. The fraction of sp³-hybridized carbons (Fsp3) is 0.500. The molecule has 0 radical (unpaired) electrons. The summed E-state index contributed by atoms with van der Waals surface area (Å²) in [6.45, 7) is 1.23. The van der Waals surface area contributed by atoms with Crippen LogP contribution in [0.25, 0.3) is 0 Å². The van der Waals surface area contributed by atoms with Crippen LogP contribution in [0.3, 0.4) is 0 Å². The summed E-state index contributed by atoms with van der Waals surface area (Å²) in [5, 5.41) is 1.38. The van der Waals surface area contributed by atoms with Crippen LogP contribution in [0.2, 0.25) is 0 Å². The molecule has 3 nitrogen and oxygen atoms in total. The highest BCUT2D eigenvalue weighted by Gasteiger charge is 2.15. The molecule has 0 saturated carbocycles. The molecule has 0 aliphatic carbocycles. The monoisotopic (exact) mass is 392 g/mol. The Balaban J connectivity index is 2.75. The van der Waals surface area contributed by atoms with E-state index in [-0.39, 0.29) is 5.97 Å². The second-order valence-electron chi connectivity index (χ2n) is 5.41. The molecule has 0 heterocycles. The molecule has 0 unspecified atom stereocenters. The Morgan fingerprint density at radius 1 is 1.21 bits per heavy atom. The van der Waals surface area contributed by atoms with Crippen molar-refractivity contribution < 1.29 is 14.0 Å². The Bertz CT molecular complexity index is 442. The smallest absolute Gasteiger partial charge is 0.338 e. The number of nitrogens with zero attached hydrogens (tertiary/aromatic N) is 1. The van der Waals surface area contributed by atoms with Crippen molar-refractivity contribution in [1.29, 1.82) is 0 Å². The number of hydrogen-bond donors (Lipinski definition) is 0. The van der Waals surface area contributed by atoms with Gasteiger partial charge >= 0.3 is 5.97 Å². The molecule has 1 rings (SSSR count). The van der Waals surface area contributed by atoms with Crippen LogP contribution in [-0.4, -0.2) is 44.7 Å². The number of rotatable bonds is 6. The lowest BCUT2D eigenvalue weighted by Gasteiger charge is -2.23. The van der Waals surface area contributed by atoms with E-state index in [1.165, 1.54) is 0 Å². The van der Waals surface area contributed by atoms with Crippen LogP contribution in [0.15, 0.2) is 18.2 Å². The molecule has 0 fully saturated rings. The minimum atomic E-state index is -0.245. The Hall–Kier alpha value is -0.390. The first kappa shape index (κ1) is 16.7. The first-order valence-electron chi connectivity index (χ1n) is 6.08. The number of carbonyl (C=O) groups excluding carboxylic acids is 1. The second kappa shape index (κ2) is 7.41. The van der Waals surface area contributed by atoms with E-state index in [0.717, 1.165) is 27.5 Å². The summed E-state index contributed by atoms with van der Waals surface area (Å²) in [7, 11) is 6.22. The summed E-state index contributed by atoms with van der Waals surface area (Å²) in [5.41, 5.74) is 2.68. The van der Waals surface area contributed by atoms with Crippen molar-refractivity contribution in [2.45, 2.75) is 10.7 Å². The highest BCUT2D eigenvalue weighted by atomic mass is 79.9. The fourth-order valence-electron chi connectivity index (χ4n) is 1.50. The fourth-order valence-corrected chi connectivity index (χ4v) is 2.34. The summed E-state index contributed by atoms with van der Waals surface area (Å²) in [5.74, 6) is -0.245. The van der Waals surface area contributed by atoms with Crippen LogP contribution in [0, 0.1) is 0 Å². The number of carbonyl (C=O) groups is 1. The van der Waals surface area contributed by atoms with Gasteiger partial charge in [-0.2, -0.15) is 0 Å². The van der Waals surface area contributed by atoms with E-state index in [0.29, 0.717) is 17.5 Å². The van der Waals surface area contributed by atoms with Gasteiger partial charge in [-0.05, 0) is 17.2 Å². The number of hydrogen-bond acceptors (Lipinski definition) is 2. The normalized spacial score (nSPS) is 11.4. The zero-order valence-electron chi connectivity index (χ0n) is 11.6. The second-order valence-corrected chi connectivity index (χ2v) is 6.53. The average Bonchev–Trinajstić information content (AvgIpc) is 2.36. The van der Waals surface area contributed by atoms with E-state index in [4.69, 9.17) is 4.74 Å². The zero-order chi connectivity index (χ0) is 14.5. The molecule has 19 heavy (non-hydrogen) atoms. The van der Waals surface area contributed by atoms with Crippen LogP contribution in [-0.2, 0) is 15.4 Å². The quantitative estimate of drug-likeness (QED) is 0.421. The molecule has 0 N–H and O–H groups in total. The minimum Gasteiger partial charge on any atom is -0.456 e. The summed E-state index contributed by atoms with van der Waals surface area (Å²) in [6.07, 6.45) is 0. The number of alkyl halides is 2. The molecule has 5 heteroatoms. The lowest BCUT2D eigenvalue weighted by Crippen LogP contribution is -2.38. The lowest BCUT2D eigenvalue weighted by atomic mass is 10.1. The van der Waals surface area contributed by atoms with Crippen LogP contribution < -0.4 is 0 Å². The maximum Gasteiger partial charge on any atom is 0.338 e. The van der Waals surface area contributed by atoms with Crippen molar-refractivity contribution in [3.63, 3.8) is 0 Å². The number of likely N-dealkylation sites (N-methyl/N-ethyl adjacent to an activating group) is 1. The molecule has 1 aromatic rings. The zero-order valence-corrected chi connectivity index (χ0v) is 14.8. The first-order chi connectivity index (χ1) is 8.87. The van der Waals surface area contributed by atoms with Gasteiger partial charge in [0.25, 0.3) is 0 Å². The van der Waals surface area contributed by atoms with Gasteiger partial charge in [-0.3, -0.25) is 0 Å². The van der Waals surface area contributed by atoms with E-state index in [1.807, 2.05) is 18.2 Å². The molecule has 0 spiro atoms. The van der Waals surface area contributed by atoms with Crippen molar-refractivity contribution in [1.82, 2.24) is 0 Å². The highest BCUT2D eigenvalue weighted by molar-refractivity contribution is 9.08. The molecule has 0 saturated heterocycles. The predicted octanol–water partition coefficient (Wildman–Crippen LogP) is 3.34. The third-order valence-corrected chi connectivity index (χ3v) is 3.94. The lowest BCUT2D eigenvalue weighted by molar-refractivity contribution is -0.870. The van der Waals surface area contributed by atoms with Crippen molar-refractivity contribution in [3.05, 3.63) is 34.9 Å². The van der Waals surface area contributed by atoms with Gasteiger partial charge in [0.1, 0.15) is 13.2 Å². The molecular weight excluding hydrogens is 374 g/mol. The van der Waals surface area contributed by atoms with Gasteiger partial charge in [0, 0.05) is 10.7 Å². The van der Waals surface area contributed by atoms with Gasteiger partial charge in [-0.25, -0.2) is 4.79 Å². The van der Waals surface area contributed by atoms with Crippen molar-refractivity contribution in [3.8, 4) is 0 Å². The van der Waals surface area contributed by atoms with Crippen LogP contribution in [0.5, 0.6) is 0 Å².